The third kappa shape index (κ3) is 2.73. The van der Waals surface area contributed by atoms with Crippen LogP contribution in [0.4, 0.5) is 0 Å². The maximum Gasteiger partial charge on any atom is 0.281 e. The number of carbonyl (C=O) groups is 1. The van der Waals surface area contributed by atoms with E-state index in [2.05, 4.69) is 0 Å². The molecule has 0 bridgehead atoms. The first-order valence-corrected chi connectivity index (χ1v) is 8.69. The molecule has 2 aromatic rings. The van der Waals surface area contributed by atoms with Gasteiger partial charge < -0.3 is 9.84 Å². The minimum atomic E-state index is -1.72. The molecule has 6 heteroatoms. The predicted molar refractivity (Wildman–Crippen MR) is 91.7 cm³/mol. The standard InChI is InChI=1S/C19H18ClNO4/c20-14-10-8-13(9-11-14)19(23)16-6-2-1-5-15(16)18(22)21(19)25-17-7-3-4-12-24-17/h1-2,5-6,8-11,17,23H,3-4,7,12H2/t17-,19+/m0/s1. The van der Waals surface area contributed by atoms with Crippen molar-refractivity contribution in [1.82, 2.24) is 5.06 Å². The van der Waals surface area contributed by atoms with Gasteiger partial charge in [0.05, 0.1) is 5.56 Å². The Morgan fingerprint density at radius 3 is 2.64 bits per heavy atom. The molecule has 4 rings (SSSR count). The lowest BCUT2D eigenvalue weighted by Gasteiger charge is -2.36. The number of rotatable bonds is 3. The van der Waals surface area contributed by atoms with Crippen LogP contribution in [0, 0.1) is 0 Å². The number of hydroxylamine groups is 2. The van der Waals surface area contributed by atoms with Gasteiger partial charge in [-0.25, -0.2) is 4.84 Å². The summed E-state index contributed by atoms with van der Waals surface area (Å²) < 4.78 is 5.59. The lowest BCUT2D eigenvalue weighted by Crippen LogP contribution is -2.47. The maximum atomic E-state index is 12.9. The molecule has 0 aliphatic carbocycles. The second kappa shape index (κ2) is 6.42. The summed E-state index contributed by atoms with van der Waals surface area (Å²) in [6.45, 7) is 0.582. The molecule has 2 aliphatic heterocycles. The van der Waals surface area contributed by atoms with E-state index >= 15 is 0 Å². The molecule has 25 heavy (non-hydrogen) atoms. The first kappa shape index (κ1) is 16.5. The largest absolute Gasteiger partial charge is 0.361 e. The van der Waals surface area contributed by atoms with Gasteiger partial charge in [-0.05, 0) is 31.0 Å². The summed E-state index contributed by atoms with van der Waals surface area (Å²) in [6.07, 6.45) is 2.05. The topological polar surface area (TPSA) is 59.0 Å². The van der Waals surface area contributed by atoms with Crippen LogP contribution in [0.5, 0.6) is 0 Å². The van der Waals surface area contributed by atoms with Gasteiger partial charge in [0.2, 0.25) is 5.72 Å². The van der Waals surface area contributed by atoms with Crippen LogP contribution in [0.1, 0.15) is 40.7 Å². The Balaban J connectivity index is 1.78. The van der Waals surface area contributed by atoms with Crippen molar-refractivity contribution < 1.29 is 19.5 Å². The van der Waals surface area contributed by atoms with Gasteiger partial charge in [-0.15, -0.1) is 0 Å². The van der Waals surface area contributed by atoms with E-state index in [9.17, 15) is 9.90 Å². The van der Waals surface area contributed by atoms with Crippen LogP contribution < -0.4 is 0 Å². The number of halogens is 1. The quantitative estimate of drug-likeness (QED) is 0.912. The average molecular weight is 360 g/mol. The first-order chi connectivity index (χ1) is 12.1. The summed E-state index contributed by atoms with van der Waals surface area (Å²) in [7, 11) is 0. The van der Waals surface area contributed by atoms with Gasteiger partial charge in [0.25, 0.3) is 5.91 Å². The predicted octanol–water partition coefficient (Wildman–Crippen LogP) is 3.45. The molecule has 2 aromatic carbocycles. The number of benzene rings is 2. The van der Waals surface area contributed by atoms with Gasteiger partial charge in [-0.3, -0.25) is 4.79 Å². The number of nitrogens with zero attached hydrogens (tertiary/aromatic N) is 1. The number of hydrogen-bond acceptors (Lipinski definition) is 4. The summed E-state index contributed by atoms with van der Waals surface area (Å²) in [5.74, 6) is -0.387. The van der Waals surface area contributed by atoms with E-state index in [4.69, 9.17) is 21.2 Å². The Morgan fingerprint density at radius 1 is 1.16 bits per heavy atom. The lowest BCUT2D eigenvalue weighted by molar-refractivity contribution is -0.324. The van der Waals surface area contributed by atoms with Crippen molar-refractivity contribution in [3.63, 3.8) is 0 Å². The van der Waals surface area contributed by atoms with E-state index < -0.39 is 12.0 Å². The van der Waals surface area contributed by atoms with Crippen molar-refractivity contribution in [2.45, 2.75) is 31.3 Å². The van der Waals surface area contributed by atoms with Crippen LogP contribution in [0.15, 0.2) is 48.5 Å². The molecular weight excluding hydrogens is 342 g/mol. The van der Waals surface area contributed by atoms with Crippen molar-refractivity contribution in [3.8, 4) is 0 Å². The Kier molecular flexibility index (Phi) is 4.25. The minimum absolute atomic E-state index is 0.387. The molecule has 0 unspecified atom stereocenters. The monoisotopic (exact) mass is 359 g/mol. The molecule has 1 N–H and O–H groups in total. The molecule has 1 amide bonds. The molecule has 2 heterocycles. The Labute approximate surface area is 150 Å². The van der Waals surface area contributed by atoms with Crippen molar-refractivity contribution in [2.75, 3.05) is 6.61 Å². The highest BCUT2D eigenvalue weighted by atomic mass is 35.5. The van der Waals surface area contributed by atoms with Crippen molar-refractivity contribution in [2.24, 2.45) is 0 Å². The van der Waals surface area contributed by atoms with E-state index in [0.717, 1.165) is 17.9 Å². The molecule has 2 atom stereocenters. The summed E-state index contributed by atoms with van der Waals surface area (Å²) in [5, 5.41) is 13.1. The number of hydrogen-bond donors (Lipinski definition) is 1. The first-order valence-electron chi connectivity index (χ1n) is 8.31. The lowest BCUT2D eigenvalue weighted by atomic mass is 9.94. The second-order valence-corrected chi connectivity index (χ2v) is 6.66. The zero-order chi connectivity index (χ0) is 17.4. The Morgan fingerprint density at radius 2 is 1.92 bits per heavy atom. The fourth-order valence-corrected chi connectivity index (χ4v) is 3.46. The van der Waals surface area contributed by atoms with Crippen LogP contribution >= 0.6 is 11.6 Å². The highest BCUT2D eigenvalue weighted by molar-refractivity contribution is 6.30. The molecule has 5 nitrogen and oxygen atoms in total. The van der Waals surface area contributed by atoms with Gasteiger partial charge in [0.1, 0.15) is 0 Å². The molecule has 130 valence electrons. The normalized spacial score (nSPS) is 25.9. The fourth-order valence-electron chi connectivity index (χ4n) is 3.33. The molecule has 0 radical (unpaired) electrons. The van der Waals surface area contributed by atoms with Gasteiger partial charge in [0, 0.05) is 29.2 Å². The van der Waals surface area contributed by atoms with E-state index in [0.29, 0.717) is 34.7 Å². The molecule has 0 saturated carbocycles. The summed E-state index contributed by atoms with van der Waals surface area (Å²) in [4.78, 5) is 18.7. The smallest absolute Gasteiger partial charge is 0.281 e. The third-order valence-electron chi connectivity index (χ3n) is 4.62. The highest BCUT2D eigenvalue weighted by Gasteiger charge is 2.52. The summed E-state index contributed by atoms with van der Waals surface area (Å²) in [6, 6.07) is 13.7. The molecule has 2 aliphatic rings. The highest BCUT2D eigenvalue weighted by Crippen LogP contribution is 2.43. The Bertz CT molecular complexity index is 788. The molecule has 0 spiro atoms. The zero-order valence-corrected chi connectivity index (χ0v) is 14.3. The van der Waals surface area contributed by atoms with E-state index in [1.165, 1.54) is 0 Å². The van der Waals surface area contributed by atoms with Crippen LogP contribution in [0.25, 0.3) is 0 Å². The maximum absolute atomic E-state index is 12.9. The zero-order valence-electron chi connectivity index (χ0n) is 13.5. The minimum Gasteiger partial charge on any atom is -0.361 e. The van der Waals surface area contributed by atoms with Crippen LogP contribution in [0.3, 0.4) is 0 Å². The molecular formula is C19H18ClNO4. The second-order valence-electron chi connectivity index (χ2n) is 6.23. The molecule has 1 fully saturated rings. The van der Waals surface area contributed by atoms with Gasteiger partial charge >= 0.3 is 0 Å². The fraction of sp³-hybridized carbons (Fsp3) is 0.316. The van der Waals surface area contributed by atoms with Gasteiger partial charge in [-0.2, -0.15) is 5.06 Å². The van der Waals surface area contributed by atoms with Crippen molar-refractivity contribution in [3.05, 3.63) is 70.2 Å². The van der Waals surface area contributed by atoms with Gasteiger partial charge in [-0.1, -0.05) is 41.9 Å². The average Bonchev–Trinajstić information content (AvgIpc) is 2.86. The summed E-state index contributed by atoms with van der Waals surface area (Å²) in [5.41, 5.74) is -0.320. The number of amides is 1. The number of ether oxygens (including phenoxy) is 1. The Hall–Kier alpha value is -1.92. The van der Waals surface area contributed by atoms with Crippen molar-refractivity contribution in [1.29, 1.82) is 0 Å². The van der Waals surface area contributed by atoms with Crippen molar-refractivity contribution >= 4 is 17.5 Å². The van der Waals surface area contributed by atoms with Crippen LogP contribution in [0.2, 0.25) is 5.02 Å². The third-order valence-corrected chi connectivity index (χ3v) is 4.87. The van der Waals surface area contributed by atoms with E-state index in [1.807, 2.05) is 0 Å². The molecule has 1 saturated heterocycles. The van der Waals surface area contributed by atoms with Crippen LogP contribution in [-0.4, -0.2) is 29.0 Å². The summed E-state index contributed by atoms with van der Waals surface area (Å²) >= 11 is 5.97. The SMILES string of the molecule is O=C1c2ccccc2[C@](O)(c2ccc(Cl)cc2)N1O[C@H]1CCCCO1. The van der Waals surface area contributed by atoms with Gasteiger partial charge in [0.15, 0.2) is 6.29 Å². The van der Waals surface area contributed by atoms with Crippen LogP contribution in [-0.2, 0) is 15.3 Å². The number of carbonyl (C=O) groups excluding carboxylic acids is 1. The van der Waals surface area contributed by atoms with E-state index in [-0.39, 0.29) is 5.91 Å². The van der Waals surface area contributed by atoms with E-state index in [1.54, 1.807) is 48.5 Å². The number of fused-ring (bicyclic) bond motifs is 1. The number of aliphatic hydroxyl groups is 1. The molecule has 0 aromatic heterocycles.